The normalized spacial score (nSPS) is 10.7. The summed E-state index contributed by atoms with van der Waals surface area (Å²) in [6.45, 7) is 2.92. The molecule has 0 unspecified atom stereocenters. The second-order valence-electron chi connectivity index (χ2n) is 4.45. The minimum atomic E-state index is 0.0738. The number of hydrogen-bond donors (Lipinski definition) is 1. The molecule has 0 bridgehead atoms. The molecular weight excluding hydrogens is 258 g/mol. The quantitative estimate of drug-likeness (QED) is 0.882. The molecular formula is C14H19N3OS. The lowest BCUT2D eigenvalue weighted by Gasteiger charge is -2.14. The lowest BCUT2D eigenvalue weighted by Crippen LogP contribution is -2.16. The molecule has 2 aromatic rings. The lowest BCUT2D eigenvalue weighted by molar-refractivity contribution is 0.284. The van der Waals surface area contributed by atoms with Crippen molar-refractivity contribution in [1.29, 1.82) is 0 Å². The van der Waals surface area contributed by atoms with Gasteiger partial charge in [0.15, 0.2) is 5.13 Å². The van der Waals surface area contributed by atoms with Crippen molar-refractivity contribution in [3.63, 3.8) is 0 Å². The number of thiazole rings is 1. The zero-order valence-electron chi connectivity index (χ0n) is 11.3. The summed E-state index contributed by atoms with van der Waals surface area (Å²) in [6.07, 6.45) is 3.76. The van der Waals surface area contributed by atoms with Gasteiger partial charge in [-0.1, -0.05) is 30.7 Å². The number of hydrogen-bond acceptors (Lipinski definition) is 5. The van der Waals surface area contributed by atoms with Crippen LogP contribution in [0.5, 0.6) is 0 Å². The zero-order chi connectivity index (χ0) is 13.7. The molecule has 1 N–H and O–H groups in total. The zero-order valence-corrected chi connectivity index (χ0v) is 12.2. The predicted octanol–water partition coefficient (Wildman–Crippen LogP) is 2.62. The van der Waals surface area contributed by atoms with Crippen molar-refractivity contribution in [1.82, 2.24) is 9.97 Å². The van der Waals surface area contributed by atoms with Crippen molar-refractivity contribution in [2.24, 2.45) is 0 Å². The minimum Gasteiger partial charge on any atom is -0.391 e. The SMILES string of the molecule is CCCc1nc(N(C)Cc2ccccn2)sc1CO. The molecule has 0 aliphatic rings. The van der Waals surface area contributed by atoms with Gasteiger partial charge in [0.1, 0.15) is 0 Å². The molecule has 0 atom stereocenters. The van der Waals surface area contributed by atoms with Gasteiger partial charge in [0.2, 0.25) is 0 Å². The van der Waals surface area contributed by atoms with E-state index in [0.717, 1.165) is 40.8 Å². The summed E-state index contributed by atoms with van der Waals surface area (Å²) in [6, 6.07) is 5.90. The van der Waals surface area contributed by atoms with Gasteiger partial charge in [0, 0.05) is 13.2 Å². The van der Waals surface area contributed by atoms with Gasteiger partial charge in [-0.05, 0) is 18.6 Å². The first-order valence-corrected chi connectivity index (χ1v) is 7.26. The van der Waals surface area contributed by atoms with Crippen molar-refractivity contribution in [3.8, 4) is 0 Å². The largest absolute Gasteiger partial charge is 0.391 e. The molecule has 0 aliphatic heterocycles. The van der Waals surface area contributed by atoms with Crippen LogP contribution in [0.25, 0.3) is 0 Å². The third-order valence-corrected chi connectivity index (χ3v) is 4.05. The van der Waals surface area contributed by atoms with Gasteiger partial charge in [-0.15, -0.1) is 0 Å². The van der Waals surface area contributed by atoms with E-state index in [1.165, 1.54) is 0 Å². The maximum atomic E-state index is 9.37. The molecule has 2 aromatic heterocycles. The lowest BCUT2D eigenvalue weighted by atomic mass is 10.2. The number of aliphatic hydroxyl groups excluding tert-OH is 1. The predicted molar refractivity (Wildman–Crippen MR) is 78.4 cm³/mol. The molecule has 2 heterocycles. The molecule has 0 aliphatic carbocycles. The average Bonchev–Trinajstić information content (AvgIpc) is 2.83. The van der Waals surface area contributed by atoms with Gasteiger partial charge in [-0.3, -0.25) is 4.98 Å². The first-order chi connectivity index (χ1) is 9.24. The van der Waals surface area contributed by atoms with Crippen molar-refractivity contribution >= 4 is 16.5 Å². The van der Waals surface area contributed by atoms with Crippen LogP contribution in [0.4, 0.5) is 5.13 Å². The highest BCUT2D eigenvalue weighted by molar-refractivity contribution is 7.15. The average molecular weight is 277 g/mol. The molecule has 0 saturated carbocycles. The Morgan fingerprint density at radius 1 is 1.37 bits per heavy atom. The van der Waals surface area contributed by atoms with Gasteiger partial charge >= 0.3 is 0 Å². The van der Waals surface area contributed by atoms with Crippen molar-refractivity contribution in [2.45, 2.75) is 32.9 Å². The second-order valence-corrected chi connectivity index (χ2v) is 5.51. The highest BCUT2D eigenvalue weighted by Gasteiger charge is 2.13. The van der Waals surface area contributed by atoms with Crippen LogP contribution in [0.2, 0.25) is 0 Å². The van der Waals surface area contributed by atoms with Crippen LogP contribution in [0.3, 0.4) is 0 Å². The standard InChI is InChI=1S/C14H19N3OS/c1-3-6-12-13(10-18)19-14(16-12)17(2)9-11-7-4-5-8-15-11/h4-5,7-8,18H,3,6,9-10H2,1-2H3. The van der Waals surface area contributed by atoms with E-state index < -0.39 is 0 Å². The topological polar surface area (TPSA) is 49.2 Å². The van der Waals surface area contributed by atoms with Crippen LogP contribution in [0, 0.1) is 0 Å². The first-order valence-electron chi connectivity index (χ1n) is 6.45. The summed E-state index contributed by atoms with van der Waals surface area (Å²) in [4.78, 5) is 12.0. The monoisotopic (exact) mass is 277 g/mol. The van der Waals surface area contributed by atoms with Crippen LogP contribution >= 0.6 is 11.3 Å². The highest BCUT2D eigenvalue weighted by Crippen LogP contribution is 2.27. The Labute approximate surface area is 117 Å². The third kappa shape index (κ3) is 3.52. The van der Waals surface area contributed by atoms with Crippen LogP contribution in [-0.4, -0.2) is 22.1 Å². The molecule has 0 radical (unpaired) electrons. The Hall–Kier alpha value is -1.46. The first kappa shape index (κ1) is 14.0. The van der Waals surface area contributed by atoms with Crippen LogP contribution in [0.1, 0.15) is 29.6 Å². The van der Waals surface area contributed by atoms with E-state index in [0.29, 0.717) is 0 Å². The molecule has 19 heavy (non-hydrogen) atoms. The van der Waals surface area contributed by atoms with E-state index >= 15 is 0 Å². The number of aromatic nitrogens is 2. The second kappa shape index (κ2) is 6.63. The Bertz CT molecular complexity index is 513. The van der Waals surface area contributed by atoms with E-state index in [-0.39, 0.29) is 6.61 Å². The van der Waals surface area contributed by atoms with Crippen molar-refractivity contribution in [2.75, 3.05) is 11.9 Å². The van der Waals surface area contributed by atoms with Gasteiger partial charge < -0.3 is 10.0 Å². The van der Waals surface area contributed by atoms with E-state index in [9.17, 15) is 5.11 Å². The number of aryl methyl sites for hydroxylation is 1. The molecule has 0 aromatic carbocycles. The summed E-state index contributed by atoms with van der Waals surface area (Å²) >= 11 is 1.56. The fourth-order valence-corrected chi connectivity index (χ4v) is 2.82. The number of rotatable bonds is 6. The number of aliphatic hydroxyl groups is 1. The van der Waals surface area contributed by atoms with E-state index in [2.05, 4.69) is 21.8 Å². The van der Waals surface area contributed by atoms with Crippen LogP contribution in [0.15, 0.2) is 24.4 Å². The Morgan fingerprint density at radius 3 is 2.84 bits per heavy atom. The van der Waals surface area contributed by atoms with E-state index in [1.54, 1.807) is 17.5 Å². The molecule has 4 nitrogen and oxygen atoms in total. The summed E-state index contributed by atoms with van der Waals surface area (Å²) < 4.78 is 0. The molecule has 5 heteroatoms. The highest BCUT2D eigenvalue weighted by atomic mass is 32.1. The smallest absolute Gasteiger partial charge is 0.185 e. The van der Waals surface area contributed by atoms with Crippen LogP contribution < -0.4 is 4.90 Å². The molecule has 0 fully saturated rings. The summed E-state index contributed by atoms with van der Waals surface area (Å²) in [5.74, 6) is 0. The molecule has 0 amide bonds. The fourth-order valence-electron chi connectivity index (χ4n) is 1.89. The number of pyridine rings is 1. The third-order valence-electron chi connectivity index (χ3n) is 2.85. The summed E-state index contributed by atoms with van der Waals surface area (Å²) in [7, 11) is 2.00. The Kier molecular flexibility index (Phi) is 4.87. The maximum Gasteiger partial charge on any atom is 0.185 e. The summed E-state index contributed by atoms with van der Waals surface area (Å²) in [5, 5.41) is 10.3. The van der Waals surface area contributed by atoms with Gasteiger partial charge in [-0.25, -0.2) is 4.98 Å². The fraction of sp³-hybridized carbons (Fsp3) is 0.429. The maximum absolute atomic E-state index is 9.37. The minimum absolute atomic E-state index is 0.0738. The molecule has 0 saturated heterocycles. The van der Waals surface area contributed by atoms with Gasteiger partial charge in [-0.2, -0.15) is 0 Å². The van der Waals surface area contributed by atoms with Crippen LogP contribution in [-0.2, 0) is 19.6 Å². The molecule has 0 spiro atoms. The molecule has 2 rings (SSSR count). The van der Waals surface area contributed by atoms with Crippen molar-refractivity contribution < 1.29 is 5.11 Å². The van der Waals surface area contributed by atoms with E-state index in [1.807, 2.05) is 25.2 Å². The van der Waals surface area contributed by atoms with Gasteiger partial charge in [0.25, 0.3) is 0 Å². The van der Waals surface area contributed by atoms with Gasteiger partial charge in [0.05, 0.1) is 29.4 Å². The van der Waals surface area contributed by atoms with E-state index in [4.69, 9.17) is 0 Å². The number of nitrogens with zero attached hydrogens (tertiary/aromatic N) is 3. The van der Waals surface area contributed by atoms with Crippen molar-refractivity contribution in [3.05, 3.63) is 40.7 Å². The molecule has 102 valence electrons. The summed E-state index contributed by atoms with van der Waals surface area (Å²) in [5.41, 5.74) is 2.04. The number of anilines is 1. The Balaban J connectivity index is 2.12. The Morgan fingerprint density at radius 2 is 2.21 bits per heavy atom.